The van der Waals surface area contributed by atoms with Gasteiger partial charge in [-0.2, -0.15) is 0 Å². The highest BCUT2D eigenvalue weighted by Gasteiger charge is 2.21. The van der Waals surface area contributed by atoms with Crippen molar-refractivity contribution >= 4 is 22.6 Å². The lowest BCUT2D eigenvalue weighted by molar-refractivity contribution is 0.355. The molecule has 7 heteroatoms. The van der Waals surface area contributed by atoms with E-state index in [4.69, 9.17) is 10.7 Å². The van der Waals surface area contributed by atoms with Crippen LogP contribution in [0.2, 0.25) is 0 Å². The van der Waals surface area contributed by atoms with Crippen molar-refractivity contribution in [2.75, 3.05) is 5.73 Å². The van der Waals surface area contributed by atoms with Gasteiger partial charge in [0.05, 0.1) is 17.2 Å². The highest BCUT2D eigenvalue weighted by Crippen LogP contribution is 2.34. The lowest BCUT2D eigenvalue weighted by atomic mass is 9.95. The molecule has 2 N–H and O–H groups in total. The molecule has 0 saturated heterocycles. The van der Waals surface area contributed by atoms with Crippen LogP contribution in [-0.4, -0.2) is 29.1 Å². The molecule has 4 aromatic rings. The average molecular weight is 432 g/mol. The average Bonchev–Trinajstić information content (AvgIpc) is 3.40. The Balaban J connectivity index is 0.000000314. The molecule has 2 fully saturated rings. The van der Waals surface area contributed by atoms with Crippen LogP contribution in [0.4, 0.5) is 5.95 Å². The highest BCUT2D eigenvalue weighted by atomic mass is 15.3. The second-order valence-corrected chi connectivity index (χ2v) is 9.18. The summed E-state index contributed by atoms with van der Waals surface area (Å²) in [4.78, 5) is 13.5. The molecule has 0 unspecified atom stereocenters. The van der Waals surface area contributed by atoms with Gasteiger partial charge in [-0.15, -0.1) is 5.10 Å². The number of hydrogen-bond acceptors (Lipinski definition) is 5. The molecule has 0 aromatic carbocycles. The SMILES string of the molecule is C1CCCCC1.Cc1nc2ncc(-c3ccn4nc(N)ncc34)cc2n1C1CCCCC1. The minimum absolute atomic E-state index is 0.263. The molecule has 6 rings (SSSR count). The van der Waals surface area contributed by atoms with Crippen LogP contribution < -0.4 is 5.73 Å². The van der Waals surface area contributed by atoms with E-state index in [1.54, 1.807) is 10.7 Å². The molecule has 32 heavy (non-hydrogen) atoms. The molecule has 4 heterocycles. The fourth-order valence-electron chi connectivity index (χ4n) is 5.26. The third kappa shape index (κ3) is 4.20. The van der Waals surface area contributed by atoms with Crippen molar-refractivity contribution in [3.8, 4) is 11.1 Å². The molecule has 0 bridgehead atoms. The molecule has 0 amide bonds. The number of nitrogens with zero attached hydrogens (tertiary/aromatic N) is 6. The Hall–Kier alpha value is -2.96. The van der Waals surface area contributed by atoms with Gasteiger partial charge in [0.25, 0.3) is 0 Å². The van der Waals surface area contributed by atoms with Crippen molar-refractivity contribution < 1.29 is 0 Å². The first-order valence-corrected chi connectivity index (χ1v) is 12.2. The predicted octanol–water partition coefficient (Wildman–Crippen LogP) is 5.88. The predicted molar refractivity (Wildman–Crippen MR) is 128 cm³/mol. The Morgan fingerprint density at radius 2 is 1.56 bits per heavy atom. The van der Waals surface area contributed by atoms with Gasteiger partial charge in [-0.25, -0.2) is 19.5 Å². The molecule has 0 aliphatic heterocycles. The van der Waals surface area contributed by atoms with Crippen LogP contribution in [0.3, 0.4) is 0 Å². The van der Waals surface area contributed by atoms with Gasteiger partial charge in [0, 0.05) is 29.6 Å². The van der Waals surface area contributed by atoms with E-state index >= 15 is 0 Å². The van der Waals surface area contributed by atoms with E-state index < -0.39 is 0 Å². The van der Waals surface area contributed by atoms with Crippen molar-refractivity contribution in [2.24, 2.45) is 0 Å². The second-order valence-electron chi connectivity index (χ2n) is 9.18. The maximum absolute atomic E-state index is 5.68. The van der Waals surface area contributed by atoms with E-state index in [0.29, 0.717) is 6.04 Å². The first-order valence-electron chi connectivity index (χ1n) is 12.2. The number of rotatable bonds is 2. The van der Waals surface area contributed by atoms with Gasteiger partial charge in [-0.3, -0.25) is 0 Å². The Morgan fingerprint density at radius 1 is 0.875 bits per heavy atom. The fraction of sp³-hybridized carbons (Fsp3) is 0.520. The largest absolute Gasteiger partial charge is 0.367 e. The van der Waals surface area contributed by atoms with E-state index in [0.717, 1.165) is 33.6 Å². The summed E-state index contributed by atoms with van der Waals surface area (Å²) < 4.78 is 4.14. The van der Waals surface area contributed by atoms with E-state index in [9.17, 15) is 0 Å². The molecular formula is C25H33N7. The van der Waals surface area contributed by atoms with Gasteiger partial charge < -0.3 is 10.3 Å². The molecule has 2 aliphatic carbocycles. The molecule has 0 atom stereocenters. The van der Waals surface area contributed by atoms with Crippen molar-refractivity contribution in [3.63, 3.8) is 0 Å². The Morgan fingerprint density at radius 3 is 2.28 bits per heavy atom. The maximum atomic E-state index is 5.68. The Labute approximate surface area is 189 Å². The summed E-state index contributed by atoms with van der Waals surface area (Å²) in [5, 5.41) is 4.22. The summed E-state index contributed by atoms with van der Waals surface area (Å²) in [6.45, 7) is 2.08. The normalized spacial score (nSPS) is 17.4. The minimum atomic E-state index is 0.263. The van der Waals surface area contributed by atoms with Crippen molar-refractivity contribution in [1.82, 2.24) is 29.1 Å². The number of aryl methyl sites for hydroxylation is 1. The Bertz CT molecular complexity index is 1180. The highest BCUT2D eigenvalue weighted by molar-refractivity contribution is 5.85. The summed E-state index contributed by atoms with van der Waals surface area (Å²) in [5.74, 6) is 1.31. The van der Waals surface area contributed by atoms with Crippen LogP contribution in [0.15, 0.2) is 30.7 Å². The molecule has 0 radical (unpaired) electrons. The number of nitrogens with two attached hydrogens (primary N) is 1. The standard InChI is InChI=1S/C19H21N7.C6H12/c1-12-23-18-16(26(12)14-5-3-2-4-6-14)9-13(10-21-18)15-7-8-25-17(15)11-22-19(20)24-25;1-2-4-6-5-3-1/h7-11,14H,2-6H2,1H3,(H2,20,24);1-6H2. The summed E-state index contributed by atoms with van der Waals surface area (Å²) in [5.41, 5.74) is 10.6. The topological polar surface area (TPSA) is 86.9 Å². The monoisotopic (exact) mass is 431 g/mol. The van der Waals surface area contributed by atoms with Crippen LogP contribution in [0, 0.1) is 6.92 Å². The van der Waals surface area contributed by atoms with Gasteiger partial charge >= 0.3 is 0 Å². The van der Waals surface area contributed by atoms with Crippen molar-refractivity contribution in [2.45, 2.75) is 83.6 Å². The smallest absolute Gasteiger partial charge is 0.238 e. The molecule has 7 nitrogen and oxygen atoms in total. The Kier molecular flexibility index (Phi) is 6.06. The molecule has 168 valence electrons. The number of fused-ring (bicyclic) bond motifs is 2. The van der Waals surface area contributed by atoms with Gasteiger partial charge in [-0.05, 0) is 31.9 Å². The summed E-state index contributed by atoms with van der Waals surface area (Å²) in [6, 6.07) is 4.75. The number of aromatic nitrogens is 6. The minimum Gasteiger partial charge on any atom is -0.367 e. The molecular weight excluding hydrogens is 398 g/mol. The number of imidazole rings is 1. The zero-order chi connectivity index (χ0) is 21.9. The lowest BCUT2D eigenvalue weighted by Crippen LogP contribution is -2.14. The van der Waals surface area contributed by atoms with Crippen LogP contribution >= 0.6 is 0 Å². The zero-order valence-electron chi connectivity index (χ0n) is 19.0. The summed E-state index contributed by atoms with van der Waals surface area (Å²) in [7, 11) is 0. The van der Waals surface area contributed by atoms with Gasteiger partial charge in [0.1, 0.15) is 5.82 Å². The van der Waals surface area contributed by atoms with Crippen LogP contribution in [0.5, 0.6) is 0 Å². The number of anilines is 1. The maximum Gasteiger partial charge on any atom is 0.238 e. The molecule has 0 spiro atoms. The van der Waals surface area contributed by atoms with Gasteiger partial charge in [-0.1, -0.05) is 57.8 Å². The quantitative estimate of drug-likeness (QED) is 0.428. The van der Waals surface area contributed by atoms with Crippen LogP contribution in [0.25, 0.3) is 27.8 Å². The van der Waals surface area contributed by atoms with Crippen molar-refractivity contribution in [3.05, 3.63) is 36.5 Å². The summed E-state index contributed by atoms with van der Waals surface area (Å²) >= 11 is 0. The van der Waals surface area contributed by atoms with Crippen LogP contribution in [0.1, 0.15) is 82.5 Å². The third-order valence-electron chi connectivity index (χ3n) is 6.91. The second kappa shape index (κ2) is 9.27. The van der Waals surface area contributed by atoms with Crippen molar-refractivity contribution in [1.29, 1.82) is 0 Å². The van der Waals surface area contributed by atoms with E-state index in [-0.39, 0.29) is 5.95 Å². The van der Waals surface area contributed by atoms with E-state index in [1.165, 1.54) is 70.6 Å². The fourth-order valence-corrected chi connectivity index (χ4v) is 5.26. The number of nitrogen functional groups attached to an aromatic ring is 1. The number of hydrogen-bond donors (Lipinski definition) is 1. The molecule has 2 saturated carbocycles. The third-order valence-corrected chi connectivity index (χ3v) is 6.91. The number of pyridine rings is 1. The lowest BCUT2D eigenvalue weighted by Gasteiger charge is -2.24. The molecule has 2 aliphatic rings. The van der Waals surface area contributed by atoms with E-state index in [1.807, 2.05) is 18.5 Å². The first kappa shape index (κ1) is 20.9. The molecule has 4 aromatic heterocycles. The van der Waals surface area contributed by atoms with E-state index in [2.05, 4.69) is 32.6 Å². The summed E-state index contributed by atoms with van der Waals surface area (Å²) in [6.07, 6.45) is 20.9. The van der Waals surface area contributed by atoms with Crippen LogP contribution in [-0.2, 0) is 0 Å². The van der Waals surface area contributed by atoms with Gasteiger partial charge in [0.15, 0.2) is 5.65 Å². The zero-order valence-corrected chi connectivity index (χ0v) is 19.0. The first-order chi connectivity index (χ1) is 15.7. The van der Waals surface area contributed by atoms with Gasteiger partial charge in [0.2, 0.25) is 5.95 Å².